The van der Waals surface area contributed by atoms with Gasteiger partial charge in [0.25, 0.3) is 0 Å². The highest BCUT2D eigenvalue weighted by molar-refractivity contribution is 9.10. The normalized spacial score (nSPS) is 10.7. The van der Waals surface area contributed by atoms with Crippen molar-refractivity contribution in [2.75, 3.05) is 7.05 Å². The molecule has 0 fully saturated rings. The van der Waals surface area contributed by atoms with E-state index in [9.17, 15) is 0 Å². The van der Waals surface area contributed by atoms with Crippen molar-refractivity contribution in [2.45, 2.75) is 13.5 Å². The molecule has 1 heterocycles. The van der Waals surface area contributed by atoms with Gasteiger partial charge in [-0.15, -0.1) is 0 Å². The molecule has 0 saturated carbocycles. The molecule has 0 saturated heterocycles. The van der Waals surface area contributed by atoms with Gasteiger partial charge in [0.1, 0.15) is 0 Å². The maximum absolute atomic E-state index is 4.34. The summed E-state index contributed by atoms with van der Waals surface area (Å²) >= 11 is 3.49. The Hall–Kier alpha value is -1.13. The molecule has 0 spiro atoms. The van der Waals surface area contributed by atoms with Crippen molar-refractivity contribution in [1.29, 1.82) is 0 Å². The topological polar surface area (TPSA) is 29.9 Å². The molecule has 0 atom stereocenters. The summed E-state index contributed by atoms with van der Waals surface area (Å²) in [5.74, 6) is 0. The SMILES string of the molecule is CNCc1ccc(Br)cc1-n1cc(C)cn1. The fourth-order valence-corrected chi connectivity index (χ4v) is 1.98. The van der Waals surface area contributed by atoms with Crippen molar-refractivity contribution in [3.8, 4) is 5.69 Å². The lowest BCUT2D eigenvalue weighted by atomic mass is 10.2. The van der Waals surface area contributed by atoms with Gasteiger partial charge in [0.15, 0.2) is 0 Å². The Morgan fingerprint density at radius 2 is 2.25 bits per heavy atom. The summed E-state index contributed by atoms with van der Waals surface area (Å²) in [4.78, 5) is 0. The number of aryl methyl sites for hydroxylation is 1. The molecular weight excluding hydrogens is 266 g/mol. The summed E-state index contributed by atoms with van der Waals surface area (Å²) in [6, 6.07) is 6.23. The van der Waals surface area contributed by atoms with Gasteiger partial charge in [0, 0.05) is 17.2 Å². The van der Waals surface area contributed by atoms with Crippen molar-refractivity contribution in [3.05, 3.63) is 46.2 Å². The number of nitrogens with zero attached hydrogens (tertiary/aromatic N) is 2. The Morgan fingerprint density at radius 3 is 2.88 bits per heavy atom. The molecule has 1 N–H and O–H groups in total. The Labute approximate surface area is 104 Å². The highest BCUT2D eigenvalue weighted by Crippen LogP contribution is 2.20. The van der Waals surface area contributed by atoms with Crippen LogP contribution in [0.2, 0.25) is 0 Å². The lowest BCUT2D eigenvalue weighted by Crippen LogP contribution is -2.09. The molecule has 0 aliphatic carbocycles. The van der Waals surface area contributed by atoms with Crippen molar-refractivity contribution in [2.24, 2.45) is 0 Å². The monoisotopic (exact) mass is 279 g/mol. The number of rotatable bonds is 3. The molecule has 0 aliphatic heterocycles. The van der Waals surface area contributed by atoms with Crippen LogP contribution in [0.15, 0.2) is 35.1 Å². The number of benzene rings is 1. The zero-order valence-electron chi connectivity index (χ0n) is 9.37. The van der Waals surface area contributed by atoms with Crippen LogP contribution in [0.1, 0.15) is 11.1 Å². The van der Waals surface area contributed by atoms with Gasteiger partial charge in [-0.2, -0.15) is 5.10 Å². The smallest absolute Gasteiger partial charge is 0.0701 e. The molecule has 0 radical (unpaired) electrons. The number of aromatic nitrogens is 2. The molecule has 0 bridgehead atoms. The van der Waals surface area contributed by atoms with E-state index in [-0.39, 0.29) is 0 Å². The molecule has 84 valence electrons. The van der Waals surface area contributed by atoms with Crippen LogP contribution in [0.3, 0.4) is 0 Å². The zero-order valence-corrected chi connectivity index (χ0v) is 11.0. The van der Waals surface area contributed by atoms with Gasteiger partial charge in [-0.3, -0.25) is 0 Å². The van der Waals surface area contributed by atoms with E-state index in [1.54, 1.807) is 0 Å². The third-order valence-corrected chi connectivity index (χ3v) is 2.87. The highest BCUT2D eigenvalue weighted by atomic mass is 79.9. The third-order valence-electron chi connectivity index (χ3n) is 2.37. The summed E-state index contributed by atoms with van der Waals surface area (Å²) < 4.78 is 2.97. The van der Waals surface area contributed by atoms with E-state index >= 15 is 0 Å². The van der Waals surface area contributed by atoms with Crippen LogP contribution in [-0.2, 0) is 6.54 Å². The molecule has 4 heteroatoms. The van der Waals surface area contributed by atoms with Crippen LogP contribution in [-0.4, -0.2) is 16.8 Å². The second-order valence-corrected chi connectivity index (χ2v) is 4.68. The van der Waals surface area contributed by atoms with Crippen LogP contribution in [0.25, 0.3) is 5.69 Å². The standard InChI is InChI=1S/C12H14BrN3/c1-9-6-15-16(8-9)12-5-11(13)4-3-10(12)7-14-2/h3-6,8,14H,7H2,1-2H3. The van der Waals surface area contributed by atoms with Gasteiger partial charge < -0.3 is 5.32 Å². The van der Waals surface area contributed by atoms with Crippen LogP contribution < -0.4 is 5.32 Å². The van der Waals surface area contributed by atoms with Crippen LogP contribution in [0.4, 0.5) is 0 Å². The average molecular weight is 280 g/mol. The maximum Gasteiger partial charge on any atom is 0.0701 e. The number of halogens is 1. The molecule has 2 aromatic rings. The number of nitrogens with one attached hydrogen (secondary N) is 1. The predicted octanol–water partition coefficient (Wildman–Crippen LogP) is 2.66. The number of hydrogen-bond acceptors (Lipinski definition) is 2. The number of hydrogen-bond donors (Lipinski definition) is 1. The first-order chi connectivity index (χ1) is 7.70. The van der Waals surface area contributed by atoms with E-state index in [2.05, 4.69) is 38.5 Å². The van der Waals surface area contributed by atoms with Crippen LogP contribution in [0, 0.1) is 6.92 Å². The Bertz CT molecular complexity index is 491. The fraction of sp³-hybridized carbons (Fsp3) is 0.250. The Morgan fingerprint density at radius 1 is 1.44 bits per heavy atom. The first-order valence-corrected chi connectivity index (χ1v) is 5.94. The predicted molar refractivity (Wildman–Crippen MR) is 68.8 cm³/mol. The van der Waals surface area contributed by atoms with Crippen molar-refractivity contribution in [1.82, 2.24) is 15.1 Å². The quantitative estimate of drug-likeness (QED) is 0.936. The van der Waals surface area contributed by atoms with E-state index in [0.29, 0.717) is 0 Å². The second kappa shape index (κ2) is 4.80. The Balaban J connectivity index is 2.48. The minimum atomic E-state index is 0.835. The lowest BCUT2D eigenvalue weighted by Gasteiger charge is -2.09. The molecule has 3 nitrogen and oxygen atoms in total. The molecule has 1 aromatic carbocycles. The average Bonchev–Trinajstić information content (AvgIpc) is 2.68. The van der Waals surface area contributed by atoms with Crippen molar-refractivity contribution in [3.63, 3.8) is 0 Å². The molecular formula is C12H14BrN3. The zero-order chi connectivity index (χ0) is 11.5. The Kier molecular flexibility index (Phi) is 3.41. The van der Waals surface area contributed by atoms with E-state index < -0.39 is 0 Å². The van der Waals surface area contributed by atoms with Gasteiger partial charge in [-0.05, 0) is 37.2 Å². The van der Waals surface area contributed by atoms with Gasteiger partial charge in [0.05, 0.1) is 11.9 Å². The fourth-order valence-electron chi connectivity index (χ4n) is 1.63. The molecule has 16 heavy (non-hydrogen) atoms. The van der Waals surface area contributed by atoms with E-state index in [0.717, 1.165) is 22.3 Å². The summed E-state index contributed by atoms with van der Waals surface area (Å²) in [5.41, 5.74) is 3.50. The van der Waals surface area contributed by atoms with E-state index in [4.69, 9.17) is 0 Å². The lowest BCUT2D eigenvalue weighted by molar-refractivity contribution is 0.788. The summed E-state index contributed by atoms with van der Waals surface area (Å²) in [6.07, 6.45) is 3.89. The van der Waals surface area contributed by atoms with Crippen LogP contribution in [0.5, 0.6) is 0 Å². The minimum absolute atomic E-state index is 0.835. The van der Waals surface area contributed by atoms with E-state index in [1.807, 2.05) is 37.1 Å². The summed E-state index contributed by atoms with van der Waals surface area (Å²) in [6.45, 7) is 2.88. The first kappa shape index (κ1) is 11.4. The van der Waals surface area contributed by atoms with Crippen molar-refractivity contribution < 1.29 is 0 Å². The van der Waals surface area contributed by atoms with Crippen molar-refractivity contribution >= 4 is 15.9 Å². The van der Waals surface area contributed by atoms with E-state index in [1.165, 1.54) is 5.56 Å². The van der Waals surface area contributed by atoms with Gasteiger partial charge in [-0.25, -0.2) is 4.68 Å². The summed E-state index contributed by atoms with van der Waals surface area (Å²) in [5, 5.41) is 7.50. The molecule has 0 unspecified atom stereocenters. The largest absolute Gasteiger partial charge is 0.316 e. The first-order valence-electron chi connectivity index (χ1n) is 5.15. The molecule has 1 aromatic heterocycles. The maximum atomic E-state index is 4.34. The second-order valence-electron chi connectivity index (χ2n) is 3.77. The minimum Gasteiger partial charge on any atom is -0.316 e. The van der Waals surface area contributed by atoms with Gasteiger partial charge >= 0.3 is 0 Å². The van der Waals surface area contributed by atoms with Crippen LogP contribution >= 0.6 is 15.9 Å². The van der Waals surface area contributed by atoms with Gasteiger partial charge in [0.2, 0.25) is 0 Å². The molecule has 0 aliphatic rings. The molecule has 0 amide bonds. The van der Waals surface area contributed by atoms with Gasteiger partial charge in [-0.1, -0.05) is 22.0 Å². The highest BCUT2D eigenvalue weighted by Gasteiger charge is 2.05. The third kappa shape index (κ3) is 2.33. The molecule has 2 rings (SSSR count). The summed E-state index contributed by atoms with van der Waals surface area (Å²) in [7, 11) is 1.94.